The van der Waals surface area contributed by atoms with Crippen LogP contribution in [0.5, 0.6) is 5.75 Å². The molecule has 0 radical (unpaired) electrons. The van der Waals surface area contributed by atoms with Gasteiger partial charge in [0.05, 0.1) is 11.8 Å². The highest BCUT2D eigenvalue weighted by molar-refractivity contribution is 5.95. The highest BCUT2D eigenvalue weighted by Crippen LogP contribution is 2.32. The third-order valence-electron chi connectivity index (χ3n) is 2.36. The minimum Gasteiger partial charge on any atom is -0.489 e. The first kappa shape index (κ1) is 10.0. The van der Waals surface area contributed by atoms with Gasteiger partial charge in [0.25, 0.3) is 0 Å². The molecular formula is C12H15NO2. The van der Waals surface area contributed by atoms with E-state index in [2.05, 4.69) is 5.32 Å². The SMILES string of the molecule is CC(C)Oc1cccc2c1NC(=O)CC2. The average Bonchev–Trinajstić information content (AvgIpc) is 2.18. The van der Waals surface area contributed by atoms with Gasteiger partial charge in [0.2, 0.25) is 5.91 Å². The van der Waals surface area contributed by atoms with Crippen LogP contribution in [0.4, 0.5) is 5.69 Å². The Morgan fingerprint density at radius 2 is 2.13 bits per heavy atom. The second-order valence-corrected chi connectivity index (χ2v) is 4.01. The van der Waals surface area contributed by atoms with Gasteiger partial charge >= 0.3 is 0 Å². The molecule has 1 aliphatic heterocycles. The number of rotatable bonds is 2. The smallest absolute Gasteiger partial charge is 0.224 e. The molecule has 0 aliphatic carbocycles. The predicted octanol–water partition coefficient (Wildman–Crippen LogP) is 2.36. The zero-order valence-electron chi connectivity index (χ0n) is 9.04. The van der Waals surface area contributed by atoms with Gasteiger partial charge in [0.15, 0.2) is 0 Å². The molecule has 1 heterocycles. The number of hydrogen-bond acceptors (Lipinski definition) is 2. The molecule has 1 aromatic rings. The largest absolute Gasteiger partial charge is 0.489 e. The maximum atomic E-state index is 11.3. The number of amides is 1. The Labute approximate surface area is 89.4 Å². The second-order valence-electron chi connectivity index (χ2n) is 4.01. The quantitative estimate of drug-likeness (QED) is 0.804. The van der Waals surface area contributed by atoms with Crippen LogP contribution in [0, 0.1) is 0 Å². The molecule has 80 valence electrons. The lowest BCUT2D eigenvalue weighted by atomic mass is 10.0. The molecule has 3 nitrogen and oxygen atoms in total. The molecule has 2 rings (SSSR count). The summed E-state index contributed by atoms with van der Waals surface area (Å²) in [6.45, 7) is 3.95. The first-order chi connectivity index (χ1) is 7.16. The fourth-order valence-electron chi connectivity index (χ4n) is 1.73. The molecule has 0 bridgehead atoms. The maximum Gasteiger partial charge on any atom is 0.224 e. The molecule has 1 amide bonds. The lowest BCUT2D eigenvalue weighted by Crippen LogP contribution is -2.20. The van der Waals surface area contributed by atoms with Crippen molar-refractivity contribution in [1.29, 1.82) is 0 Å². The van der Waals surface area contributed by atoms with Gasteiger partial charge in [-0.15, -0.1) is 0 Å². The van der Waals surface area contributed by atoms with E-state index in [1.54, 1.807) is 0 Å². The van der Waals surface area contributed by atoms with E-state index in [1.165, 1.54) is 0 Å². The summed E-state index contributed by atoms with van der Waals surface area (Å²) in [6, 6.07) is 5.89. The molecule has 1 aliphatic rings. The van der Waals surface area contributed by atoms with Crippen LogP contribution in [-0.4, -0.2) is 12.0 Å². The summed E-state index contributed by atoms with van der Waals surface area (Å²) in [7, 11) is 0. The van der Waals surface area contributed by atoms with Crippen molar-refractivity contribution in [2.75, 3.05) is 5.32 Å². The minimum absolute atomic E-state index is 0.0716. The van der Waals surface area contributed by atoms with Gasteiger partial charge in [-0.05, 0) is 31.9 Å². The van der Waals surface area contributed by atoms with Crippen LogP contribution in [0.3, 0.4) is 0 Å². The van der Waals surface area contributed by atoms with Crippen molar-refractivity contribution in [3.63, 3.8) is 0 Å². The molecule has 0 saturated carbocycles. The number of nitrogens with one attached hydrogen (secondary N) is 1. The predicted molar refractivity (Wildman–Crippen MR) is 59.2 cm³/mol. The zero-order valence-corrected chi connectivity index (χ0v) is 9.04. The average molecular weight is 205 g/mol. The first-order valence-corrected chi connectivity index (χ1v) is 5.25. The van der Waals surface area contributed by atoms with Gasteiger partial charge in [0, 0.05) is 6.42 Å². The van der Waals surface area contributed by atoms with Gasteiger partial charge in [-0.25, -0.2) is 0 Å². The summed E-state index contributed by atoms with van der Waals surface area (Å²) >= 11 is 0. The molecule has 0 spiro atoms. The van der Waals surface area contributed by atoms with E-state index in [0.29, 0.717) is 6.42 Å². The summed E-state index contributed by atoms with van der Waals surface area (Å²) in [4.78, 5) is 11.3. The summed E-state index contributed by atoms with van der Waals surface area (Å²) in [5.74, 6) is 0.845. The van der Waals surface area contributed by atoms with Crippen molar-refractivity contribution >= 4 is 11.6 Å². The van der Waals surface area contributed by atoms with E-state index >= 15 is 0 Å². The Morgan fingerprint density at radius 1 is 1.33 bits per heavy atom. The van der Waals surface area contributed by atoms with E-state index in [4.69, 9.17) is 4.74 Å². The standard InChI is InChI=1S/C12H15NO2/c1-8(2)15-10-5-3-4-9-6-7-11(14)13-12(9)10/h3-5,8H,6-7H2,1-2H3,(H,13,14). The highest BCUT2D eigenvalue weighted by atomic mass is 16.5. The van der Waals surface area contributed by atoms with Gasteiger partial charge in [-0.1, -0.05) is 12.1 Å². The number of carbonyl (C=O) groups excluding carboxylic acids is 1. The van der Waals surface area contributed by atoms with Gasteiger partial charge in [-0.2, -0.15) is 0 Å². The normalized spacial score (nSPS) is 14.7. The topological polar surface area (TPSA) is 38.3 Å². The van der Waals surface area contributed by atoms with Crippen LogP contribution >= 0.6 is 0 Å². The molecular weight excluding hydrogens is 190 g/mol. The number of benzene rings is 1. The number of carbonyl (C=O) groups is 1. The molecule has 0 aromatic heterocycles. The van der Waals surface area contributed by atoms with Gasteiger partial charge in [0.1, 0.15) is 5.75 Å². The number of ether oxygens (including phenoxy) is 1. The van der Waals surface area contributed by atoms with Crippen molar-refractivity contribution in [2.45, 2.75) is 32.8 Å². The third kappa shape index (κ3) is 2.12. The summed E-state index contributed by atoms with van der Waals surface area (Å²) in [5.41, 5.74) is 2.01. The molecule has 0 atom stereocenters. The van der Waals surface area contributed by atoms with E-state index in [0.717, 1.165) is 23.4 Å². The number of aryl methyl sites for hydroxylation is 1. The Morgan fingerprint density at radius 3 is 2.87 bits per heavy atom. The summed E-state index contributed by atoms with van der Waals surface area (Å²) in [5, 5.41) is 2.87. The first-order valence-electron chi connectivity index (χ1n) is 5.25. The Kier molecular flexibility index (Phi) is 2.62. The monoisotopic (exact) mass is 205 g/mol. The lowest BCUT2D eigenvalue weighted by molar-refractivity contribution is -0.116. The molecule has 3 heteroatoms. The van der Waals surface area contributed by atoms with Crippen LogP contribution in [0.1, 0.15) is 25.8 Å². The fourth-order valence-corrected chi connectivity index (χ4v) is 1.73. The van der Waals surface area contributed by atoms with Crippen LogP contribution in [0.2, 0.25) is 0 Å². The van der Waals surface area contributed by atoms with Crippen molar-refractivity contribution in [1.82, 2.24) is 0 Å². The summed E-state index contributed by atoms with van der Waals surface area (Å²) < 4.78 is 5.65. The highest BCUT2D eigenvalue weighted by Gasteiger charge is 2.18. The minimum atomic E-state index is 0.0716. The third-order valence-corrected chi connectivity index (χ3v) is 2.36. The molecule has 1 aromatic carbocycles. The zero-order chi connectivity index (χ0) is 10.8. The van der Waals surface area contributed by atoms with Crippen molar-refractivity contribution in [2.24, 2.45) is 0 Å². The lowest BCUT2D eigenvalue weighted by Gasteiger charge is -2.21. The van der Waals surface area contributed by atoms with Gasteiger partial charge < -0.3 is 10.1 Å². The van der Waals surface area contributed by atoms with Crippen molar-refractivity contribution < 1.29 is 9.53 Å². The Hall–Kier alpha value is -1.51. The number of fused-ring (bicyclic) bond motifs is 1. The van der Waals surface area contributed by atoms with E-state index < -0.39 is 0 Å². The maximum absolute atomic E-state index is 11.3. The number of para-hydroxylation sites is 1. The molecule has 0 unspecified atom stereocenters. The van der Waals surface area contributed by atoms with E-state index in [1.807, 2.05) is 32.0 Å². The van der Waals surface area contributed by atoms with Crippen molar-refractivity contribution in [3.05, 3.63) is 23.8 Å². The van der Waals surface area contributed by atoms with Crippen molar-refractivity contribution in [3.8, 4) is 5.75 Å². The van der Waals surface area contributed by atoms with E-state index in [9.17, 15) is 4.79 Å². The molecule has 0 fully saturated rings. The molecule has 0 saturated heterocycles. The van der Waals surface area contributed by atoms with E-state index in [-0.39, 0.29) is 12.0 Å². The Bertz CT molecular complexity index is 385. The second kappa shape index (κ2) is 3.93. The van der Waals surface area contributed by atoms with Crippen LogP contribution in [-0.2, 0) is 11.2 Å². The van der Waals surface area contributed by atoms with Gasteiger partial charge in [-0.3, -0.25) is 4.79 Å². The fraction of sp³-hybridized carbons (Fsp3) is 0.417. The molecule has 1 N–H and O–H groups in total. The van der Waals surface area contributed by atoms with Crippen LogP contribution in [0.25, 0.3) is 0 Å². The Balaban J connectivity index is 2.35. The number of hydrogen-bond donors (Lipinski definition) is 1. The molecule has 15 heavy (non-hydrogen) atoms. The number of anilines is 1. The van der Waals surface area contributed by atoms with Crippen LogP contribution < -0.4 is 10.1 Å². The summed E-state index contributed by atoms with van der Waals surface area (Å²) in [6.07, 6.45) is 1.49. The van der Waals surface area contributed by atoms with Crippen LogP contribution in [0.15, 0.2) is 18.2 Å².